The Morgan fingerprint density at radius 1 is 1.05 bits per heavy atom. The van der Waals surface area contributed by atoms with E-state index in [4.69, 9.17) is 5.84 Å². The van der Waals surface area contributed by atoms with Crippen molar-refractivity contribution in [3.05, 3.63) is 71.9 Å². The van der Waals surface area contributed by atoms with E-state index in [1.165, 1.54) is 0 Å². The fraction of sp³-hybridized carbons (Fsp3) is 0.0588. The van der Waals surface area contributed by atoms with Crippen LogP contribution in [-0.2, 0) is 0 Å². The van der Waals surface area contributed by atoms with Crippen LogP contribution in [0.1, 0.15) is 11.3 Å². The van der Waals surface area contributed by atoms with E-state index in [0.29, 0.717) is 5.84 Å². The average molecular weight is 276 g/mol. The largest absolute Gasteiger partial charge is 0.307 e. The Morgan fingerprint density at radius 3 is 2.71 bits per heavy atom. The Bertz CT molecular complexity index is 809. The second-order valence-corrected chi connectivity index (χ2v) is 4.83. The van der Waals surface area contributed by atoms with Crippen molar-refractivity contribution in [3.63, 3.8) is 0 Å². The molecule has 2 aromatic carbocycles. The van der Waals surface area contributed by atoms with Gasteiger partial charge in [-0.15, -0.1) is 0 Å². The van der Waals surface area contributed by atoms with Crippen molar-refractivity contribution in [2.75, 3.05) is 0 Å². The lowest BCUT2D eigenvalue weighted by Gasteiger charge is -2.07. The average Bonchev–Trinajstić information content (AvgIpc) is 2.52. The number of nitrogens with one attached hydrogen (secondary N) is 1. The van der Waals surface area contributed by atoms with Crippen LogP contribution in [-0.4, -0.2) is 10.8 Å². The monoisotopic (exact) mass is 276 g/mol. The lowest BCUT2D eigenvalue weighted by atomic mass is 10.2. The molecule has 0 spiro atoms. The molecule has 21 heavy (non-hydrogen) atoms. The Hall–Kier alpha value is -2.72. The molecule has 0 fully saturated rings. The van der Waals surface area contributed by atoms with Gasteiger partial charge in [0.05, 0.1) is 11.2 Å². The molecular formula is C17H16N4. The number of aryl methyl sites for hydroxylation is 1. The van der Waals surface area contributed by atoms with Crippen molar-refractivity contribution in [1.82, 2.24) is 10.4 Å². The number of amidine groups is 1. The minimum Gasteiger partial charge on any atom is -0.307 e. The number of hydrogen-bond donors (Lipinski definition) is 2. The molecule has 4 heteroatoms. The van der Waals surface area contributed by atoms with Crippen LogP contribution in [0.5, 0.6) is 0 Å². The van der Waals surface area contributed by atoms with E-state index in [1.807, 2.05) is 67.6 Å². The molecule has 104 valence electrons. The highest BCUT2D eigenvalue weighted by Crippen LogP contribution is 2.16. The first-order chi connectivity index (χ1) is 10.3. The number of aliphatic imine (C=N–C) groups is 1. The topological polar surface area (TPSA) is 63.3 Å². The Labute approximate surface area is 123 Å². The van der Waals surface area contributed by atoms with Crippen molar-refractivity contribution >= 4 is 22.4 Å². The lowest BCUT2D eigenvalue weighted by Crippen LogP contribution is -2.31. The molecule has 0 saturated carbocycles. The van der Waals surface area contributed by atoms with Gasteiger partial charge >= 0.3 is 0 Å². The van der Waals surface area contributed by atoms with Crippen LogP contribution in [0.2, 0.25) is 0 Å². The summed E-state index contributed by atoms with van der Waals surface area (Å²) in [6, 6.07) is 19.8. The third-order valence-corrected chi connectivity index (χ3v) is 3.22. The smallest absolute Gasteiger partial charge is 0.166 e. The number of pyridine rings is 1. The first-order valence-electron chi connectivity index (χ1n) is 6.74. The van der Waals surface area contributed by atoms with Gasteiger partial charge in [0.25, 0.3) is 0 Å². The van der Waals surface area contributed by atoms with Gasteiger partial charge in [0.15, 0.2) is 5.84 Å². The number of hydrogen-bond acceptors (Lipinski definition) is 3. The molecule has 1 heterocycles. The molecule has 0 radical (unpaired) electrons. The molecule has 3 rings (SSSR count). The molecule has 0 aliphatic carbocycles. The van der Waals surface area contributed by atoms with Crippen LogP contribution in [0.3, 0.4) is 0 Å². The molecule has 0 unspecified atom stereocenters. The standard InChI is InChI=1S/C17H16N4/c1-12-5-4-7-14(11-12)19-17(21-18)16-10-9-13-6-2-3-8-15(13)20-16/h2-11H,18H2,1H3,(H,19,21). The molecule has 3 N–H and O–H groups in total. The SMILES string of the molecule is Cc1cccc(N=C(NN)c2ccc3ccccc3n2)c1. The third-order valence-electron chi connectivity index (χ3n) is 3.22. The summed E-state index contributed by atoms with van der Waals surface area (Å²) in [5.74, 6) is 6.16. The maximum Gasteiger partial charge on any atom is 0.166 e. The van der Waals surface area contributed by atoms with Crippen molar-refractivity contribution in [1.29, 1.82) is 0 Å². The minimum absolute atomic E-state index is 0.548. The molecule has 1 aromatic heterocycles. The summed E-state index contributed by atoms with van der Waals surface area (Å²) in [5.41, 5.74) is 6.27. The van der Waals surface area contributed by atoms with Crippen LogP contribution in [0.25, 0.3) is 10.9 Å². The van der Waals surface area contributed by atoms with Crippen LogP contribution in [0.15, 0.2) is 65.7 Å². The van der Waals surface area contributed by atoms with E-state index < -0.39 is 0 Å². The zero-order valence-corrected chi connectivity index (χ0v) is 11.7. The van der Waals surface area contributed by atoms with Crippen LogP contribution in [0.4, 0.5) is 5.69 Å². The van der Waals surface area contributed by atoms with E-state index in [2.05, 4.69) is 15.4 Å². The zero-order chi connectivity index (χ0) is 14.7. The first kappa shape index (κ1) is 13.3. The molecule has 0 saturated heterocycles. The summed E-state index contributed by atoms with van der Waals surface area (Å²) in [4.78, 5) is 9.12. The lowest BCUT2D eigenvalue weighted by molar-refractivity contribution is 1.01. The van der Waals surface area contributed by atoms with Gasteiger partial charge in [0.2, 0.25) is 0 Å². The maximum absolute atomic E-state index is 5.61. The Morgan fingerprint density at radius 2 is 1.90 bits per heavy atom. The number of para-hydroxylation sites is 1. The number of nitrogens with zero attached hydrogens (tertiary/aromatic N) is 2. The summed E-state index contributed by atoms with van der Waals surface area (Å²) in [6.07, 6.45) is 0. The molecule has 3 aromatic rings. The molecular weight excluding hydrogens is 260 g/mol. The molecule has 0 atom stereocenters. The Kier molecular flexibility index (Phi) is 3.62. The molecule has 4 nitrogen and oxygen atoms in total. The van der Waals surface area contributed by atoms with Crippen LogP contribution >= 0.6 is 0 Å². The first-order valence-corrected chi connectivity index (χ1v) is 6.74. The summed E-state index contributed by atoms with van der Waals surface area (Å²) in [6.45, 7) is 2.03. The van der Waals surface area contributed by atoms with Gasteiger partial charge in [-0.2, -0.15) is 0 Å². The van der Waals surface area contributed by atoms with Gasteiger partial charge in [0.1, 0.15) is 5.69 Å². The van der Waals surface area contributed by atoms with Gasteiger partial charge in [-0.25, -0.2) is 15.8 Å². The molecule has 0 aliphatic rings. The van der Waals surface area contributed by atoms with Crippen molar-refractivity contribution in [2.45, 2.75) is 6.92 Å². The van der Waals surface area contributed by atoms with Gasteiger partial charge in [-0.05, 0) is 36.8 Å². The number of fused-ring (bicyclic) bond motifs is 1. The van der Waals surface area contributed by atoms with Crippen molar-refractivity contribution in [2.24, 2.45) is 10.8 Å². The quantitative estimate of drug-likeness (QED) is 0.327. The van der Waals surface area contributed by atoms with Crippen LogP contribution < -0.4 is 11.3 Å². The van der Waals surface area contributed by atoms with Crippen LogP contribution in [0, 0.1) is 6.92 Å². The normalized spacial score (nSPS) is 11.6. The summed E-state index contributed by atoms with van der Waals surface area (Å²) < 4.78 is 0. The molecule has 0 aliphatic heterocycles. The summed E-state index contributed by atoms with van der Waals surface area (Å²) >= 11 is 0. The highest BCUT2D eigenvalue weighted by Gasteiger charge is 2.05. The number of nitrogens with two attached hydrogens (primary N) is 1. The predicted molar refractivity (Wildman–Crippen MR) is 86.4 cm³/mol. The predicted octanol–water partition coefficient (Wildman–Crippen LogP) is 3.08. The number of benzene rings is 2. The van der Waals surface area contributed by atoms with E-state index >= 15 is 0 Å². The third kappa shape index (κ3) is 2.90. The maximum atomic E-state index is 5.61. The Balaban J connectivity index is 2.05. The highest BCUT2D eigenvalue weighted by atomic mass is 15.3. The number of rotatable bonds is 2. The molecule has 0 bridgehead atoms. The van der Waals surface area contributed by atoms with Crippen molar-refractivity contribution in [3.8, 4) is 0 Å². The second-order valence-electron chi connectivity index (χ2n) is 4.83. The summed E-state index contributed by atoms with van der Waals surface area (Å²) in [7, 11) is 0. The van der Waals surface area contributed by atoms with Gasteiger partial charge in [0, 0.05) is 5.39 Å². The minimum atomic E-state index is 0.548. The zero-order valence-electron chi connectivity index (χ0n) is 11.7. The number of aromatic nitrogens is 1. The van der Waals surface area contributed by atoms with E-state index in [9.17, 15) is 0 Å². The highest BCUT2D eigenvalue weighted by molar-refractivity contribution is 6.00. The van der Waals surface area contributed by atoms with E-state index in [1.54, 1.807) is 0 Å². The summed E-state index contributed by atoms with van der Waals surface area (Å²) in [5, 5.41) is 1.09. The number of hydrazine groups is 1. The van der Waals surface area contributed by atoms with Gasteiger partial charge in [-0.1, -0.05) is 36.4 Å². The molecule has 0 amide bonds. The fourth-order valence-corrected chi connectivity index (χ4v) is 2.19. The second kappa shape index (κ2) is 5.73. The fourth-order valence-electron chi connectivity index (χ4n) is 2.19. The van der Waals surface area contributed by atoms with E-state index in [-0.39, 0.29) is 0 Å². The van der Waals surface area contributed by atoms with E-state index in [0.717, 1.165) is 27.8 Å². The van der Waals surface area contributed by atoms with Gasteiger partial charge in [-0.3, -0.25) is 0 Å². The van der Waals surface area contributed by atoms with Crippen molar-refractivity contribution < 1.29 is 0 Å². The van der Waals surface area contributed by atoms with Gasteiger partial charge < -0.3 is 5.43 Å².